The number of carbonyl (C=O) groups is 2. The molecule has 0 aliphatic carbocycles. The number of piperidine rings is 1. The molecule has 1 unspecified atom stereocenters. The largest absolute Gasteiger partial charge is 0.468 e. The zero-order chi connectivity index (χ0) is 14.0. The van der Waals surface area contributed by atoms with Gasteiger partial charge in [-0.15, -0.1) is 0 Å². The van der Waals surface area contributed by atoms with Crippen LogP contribution in [0.25, 0.3) is 0 Å². The molecule has 1 heterocycles. The van der Waals surface area contributed by atoms with E-state index in [1.54, 1.807) is 0 Å². The lowest BCUT2D eigenvalue weighted by Gasteiger charge is -2.32. The SMILES string of the molecule is COC(=O)C1CN(c2ccc(C)c(C)c2)CCC1=O. The summed E-state index contributed by atoms with van der Waals surface area (Å²) >= 11 is 0. The van der Waals surface area contributed by atoms with Crippen LogP contribution in [0.2, 0.25) is 0 Å². The number of hydrogen-bond acceptors (Lipinski definition) is 4. The molecule has 1 aliphatic rings. The van der Waals surface area contributed by atoms with Gasteiger partial charge in [0.25, 0.3) is 0 Å². The van der Waals surface area contributed by atoms with Gasteiger partial charge in [-0.1, -0.05) is 6.07 Å². The number of hydrogen-bond donors (Lipinski definition) is 0. The third kappa shape index (κ3) is 2.78. The number of aryl methyl sites for hydroxylation is 2. The van der Waals surface area contributed by atoms with Gasteiger partial charge in [0.15, 0.2) is 5.78 Å². The normalized spacial score (nSPS) is 19.4. The highest BCUT2D eigenvalue weighted by atomic mass is 16.5. The third-order valence-electron chi connectivity index (χ3n) is 3.76. The molecule has 4 nitrogen and oxygen atoms in total. The zero-order valence-electron chi connectivity index (χ0n) is 11.6. The van der Waals surface area contributed by atoms with E-state index in [0.717, 1.165) is 5.69 Å². The van der Waals surface area contributed by atoms with Gasteiger partial charge in [0.05, 0.1) is 7.11 Å². The summed E-state index contributed by atoms with van der Waals surface area (Å²) in [6.45, 7) is 5.20. The zero-order valence-corrected chi connectivity index (χ0v) is 11.6. The summed E-state index contributed by atoms with van der Waals surface area (Å²) in [5.41, 5.74) is 3.51. The molecule has 0 N–H and O–H groups in total. The van der Waals surface area contributed by atoms with Gasteiger partial charge in [0.2, 0.25) is 0 Å². The quantitative estimate of drug-likeness (QED) is 0.602. The molecular formula is C15H19NO3. The molecule has 19 heavy (non-hydrogen) atoms. The minimum atomic E-state index is -0.652. The van der Waals surface area contributed by atoms with E-state index in [-0.39, 0.29) is 5.78 Å². The number of ketones is 1. The van der Waals surface area contributed by atoms with Crippen molar-refractivity contribution in [2.75, 3.05) is 25.1 Å². The van der Waals surface area contributed by atoms with E-state index in [1.165, 1.54) is 18.2 Å². The molecule has 1 aliphatic heterocycles. The Morgan fingerprint density at radius 2 is 2.05 bits per heavy atom. The summed E-state index contributed by atoms with van der Waals surface area (Å²) in [6, 6.07) is 6.19. The summed E-state index contributed by atoms with van der Waals surface area (Å²) in [5, 5.41) is 0. The molecule has 0 saturated carbocycles. The number of rotatable bonds is 2. The van der Waals surface area contributed by atoms with Crippen LogP contribution in [0.15, 0.2) is 18.2 Å². The molecule has 0 radical (unpaired) electrons. The molecule has 2 rings (SSSR count). The lowest BCUT2D eigenvalue weighted by Crippen LogP contribution is -2.44. The molecule has 1 saturated heterocycles. The van der Waals surface area contributed by atoms with E-state index in [9.17, 15) is 9.59 Å². The molecule has 0 amide bonds. The fourth-order valence-electron chi connectivity index (χ4n) is 2.34. The van der Waals surface area contributed by atoms with Crippen LogP contribution >= 0.6 is 0 Å². The Hall–Kier alpha value is -1.84. The summed E-state index contributed by atoms with van der Waals surface area (Å²) in [5.74, 6) is -1.11. The maximum absolute atomic E-state index is 11.8. The fraction of sp³-hybridized carbons (Fsp3) is 0.467. The van der Waals surface area contributed by atoms with Crippen LogP contribution in [-0.4, -0.2) is 32.0 Å². The van der Waals surface area contributed by atoms with Crippen LogP contribution < -0.4 is 4.90 Å². The van der Waals surface area contributed by atoms with Crippen molar-refractivity contribution in [3.05, 3.63) is 29.3 Å². The minimum absolute atomic E-state index is 0.0214. The van der Waals surface area contributed by atoms with Gasteiger partial charge in [-0.25, -0.2) is 0 Å². The van der Waals surface area contributed by atoms with Crippen LogP contribution in [0.1, 0.15) is 17.5 Å². The van der Waals surface area contributed by atoms with Gasteiger partial charge < -0.3 is 9.64 Å². The Morgan fingerprint density at radius 3 is 2.68 bits per heavy atom. The van der Waals surface area contributed by atoms with Crippen molar-refractivity contribution in [2.24, 2.45) is 5.92 Å². The Labute approximate surface area is 113 Å². The smallest absolute Gasteiger partial charge is 0.318 e. The van der Waals surface area contributed by atoms with E-state index in [0.29, 0.717) is 19.5 Å². The molecule has 0 aromatic heterocycles. The van der Waals surface area contributed by atoms with Gasteiger partial charge in [-0.3, -0.25) is 9.59 Å². The number of methoxy groups -OCH3 is 1. The number of carbonyl (C=O) groups excluding carboxylic acids is 2. The first-order chi connectivity index (χ1) is 9.02. The predicted octanol–water partition coefficient (Wildman–Crippen LogP) is 1.87. The molecular weight excluding hydrogens is 242 g/mol. The molecule has 0 bridgehead atoms. The highest BCUT2D eigenvalue weighted by molar-refractivity contribution is 6.00. The van der Waals surface area contributed by atoms with E-state index in [4.69, 9.17) is 4.74 Å². The van der Waals surface area contributed by atoms with Gasteiger partial charge in [0, 0.05) is 25.2 Å². The predicted molar refractivity (Wildman–Crippen MR) is 73.3 cm³/mol. The van der Waals surface area contributed by atoms with Crippen LogP contribution in [0.4, 0.5) is 5.69 Å². The second-order valence-electron chi connectivity index (χ2n) is 5.01. The van der Waals surface area contributed by atoms with Crippen LogP contribution in [-0.2, 0) is 14.3 Å². The lowest BCUT2D eigenvalue weighted by atomic mass is 9.95. The van der Waals surface area contributed by atoms with Crippen molar-refractivity contribution in [2.45, 2.75) is 20.3 Å². The van der Waals surface area contributed by atoms with Crippen LogP contribution in [0.3, 0.4) is 0 Å². The average molecular weight is 261 g/mol. The summed E-state index contributed by atoms with van der Waals surface area (Å²) in [7, 11) is 1.32. The van der Waals surface area contributed by atoms with Gasteiger partial charge in [0.1, 0.15) is 5.92 Å². The summed E-state index contributed by atoms with van der Waals surface area (Å²) in [4.78, 5) is 25.4. The van der Waals surface area contributed by atoms with Gasteiger partial charge >= 0.3 is 5.97 Å². The first-order valence-electron chi connectivity index (χ1n) is 6.45. The average Bonchev–Trinajstić information content (AvgIpc) is 2.41. The molecule has 102 valence electrons. The summed E-state index contributed by atoms with van der Waals surface area (Å²) in [6.07, 6.45) is 0.396. The lowest BCUT2D eigenvalue weighted by molar-refractivity contribution is -0.149. The number of anilines is 1. The number of nitrogens with zero attached hydrogens (tertiary/aromatic N) is 1. The Bertz CT molecular complexity index is 502. The molecule has 1 aromatic rings. The van der Waals surface area contributed by atoms with E-state index >= 15 is 0 Å². The van der Waals surface area contributed by atoms with Crippen molar-refractivity contribution >= 4 is 17.4 Å². The standard InChI is InChI=1S/C15H19NO3/c1-10-4-5-12(8-11(10)2)16-7-6-14(17)13(9-16)15(18)19-3/h4-5,8,13H,6-7,9H2,1-3H3. The second-order valence-corrected chi connectivity index (χ2v) is 5.01. The molecule has 1 aromatic carbocycles. The first kappa shape index (κ1) is 13.6. The summed E-state index contributed by atoms with van der Waals surface area (Å²) < 4.78 is 4.70. The van der Waals surface area contributed by atoms with Crippen LogP contribution in [0, 0.1) is 19.8 Å². The van der Waals surface area contributed by atoms with E-state index in [1.807, 2.05) is 6.07 Å². The Morgan fingerprint density at radius 1 is 1.32 bits per heavy atom. The minimum Gasteiger partial charge on any atom is -0.468 e. The second kappa shape index (κ2) is 5.43. The third-order valence-corrected chi connectivity index (χ3v) is 3.76. The number of esters is 1. The Balaban J connectivity index is 2.19. The first-order valence-corrected chi connectivity index (χ1v) is 6.45. The van der Waals surface area contributed by atoms with Crippen molar-refractivity contribution < 1.29 is 14.3 Å². The highest BCUT2D eigenvalue weighted by Gasteiger charge is 2.33. The van der Waals surface area contributed by atoms with Crippen molar-refractivity contribution in [1.29, 1.82) is 0 Å². The Kier molecular flexibility index (Phi) is 3.88. The van der Waals surface area contributed by atoms with Gasteiger partial charge in [-0.05, 0) is 37.1 Å². The fourth-order valence-corrected chi connectivity index (χ4v) is 2.34. The molecule has 4 heteroatoms. The van der Waals surface area contributed by atoms with Crippen molar-refractivity contribution in [3.8, 4) is 0 Å². The maximum atomic E-state index is 11.8. The monoisotopic (exact) mass is 261 g/mol. The number of benzene rings is 1. The molecule has 1 fully saturated rings. The van der Waals surface area contributed by atoms with Crippen molar-refractivity contribution in [1.82, 2.24) is 0 Å². The molecule has 1 atom stereocenters. The van der Waals surface area contributed by atoms with Crippen molar-refractivity contribution in [3.63, 3.8) is 0 Å². The topological polar surface area (TPSA) is 46.6 Å². The van der Waals surface area contributed by atoms with E-state index < -0.39 is 11.9 Å². The molecule has 0 spiro atoms. The van der Waals surface area contributed by atoms with E-state index in [2.05, 4.69) is 30.9 Å². The number of Topliss-reactive ketones (excluding diaryl/α,β-unsaturated/α-hetero) is 1. The highest BCUT2D eigenvalue weighted by Crippen LogP contribution is 2.24. The number of ether oxygens (including phenoxy) is 1. The van der Waals surface area contributed by atoms with Crippen LogP contribution in [0.5, 0.6) is 0 Å². The maximum Gasteiger partial charge on any atom is 0.318 e. The van der Waals surface area contributed by atoms with Gasteiger partial charge in [-0.2, -0.15) is 0 Å².